The van der Waals surface area contributed by atoms with Gasteiger partial charge in [-0.05, 0) is 41.5 Å². The van der Waals surface area contributed by atoms with Crippen LogP contribution in [-0.2, 0) is 16.4 Å². The standard InChI is InChI=1S/C12H14BrF2NO2S/c1-16(8-4-5-19(17,18)7-8)6-9-11(14)3-2-10(13)12(9)15/h2-3,8H,4-7H2,1H3. The molecule has 3 nitrogen and oxygen atoms in total. The number of benzene rings is 1. The second-order valence-electron chi connectivity index (χ2n) is 4.79. The van der Waals surface area contributed by atoms with Crippen LogP contribution in [-0.4, -0.2) is 37.9 Å². The Morgan fingerprint density at radius 1 is 1.42 bits per heavy atom. The third-order valence-corrected chi connectivity index (χ3v) is 5.74. The minimum absolute atomic E-state index is 0.0406. The summed E-state index contributed by atoms with van der Waals surface area (Å²) in [6.07, 6.45) is 0.510. The molecule has 19 heavy (non-hydrogen) atoms. The van der Waals surface area contributed by atoms with E-state index >= 15 is 0 Å². The second-order valence-corrected chi connectivity index (χ2v) is 7.88. The van der Waals surface area contributed by atoms with Gasteiger partial charge in [0, 0.05) is 18.2 Å². The van der Waals surface area contributed by atoms with Gasteiger partial charge in [0.2, 0.25) is 0 Å². The van der Waals surface area contributed by atoms with Gasteiger partial charge in [-0.1, -0.05) is 0 Å². The first-order chi connectivity index (χ1) is 8.80. The highest BCUT2D eigenvalue weighted by Crippen LogP contribution is 2.25. The number of sulfone groups is 1. The average Bonchev–Trinajstić information content (AvgIpc) is 2.70. The van der Waals surface area contributed by atoms with E-state index in [-0.39, 0.29) is 34.1 Å². The summed E-state index contributed by atoms with van der Waals surface area (Å²) >= 11 is 3.02. The van der Waals surface area contributed by atoms with Crippen LogP contribution in [0.2, 0.25) is 0 Å². The first kappa shape index (κ1) is 14.9. The highest BCUT2D eigenvalue weighted by Gasteiger charge is 2.31. The van der Waals surface area contributed by atoms with Crippen molar-refractivity contribution in [1.82, 2.24) is 4.90 Å². The van der Waals surface area contributed by atoms with Gasteiger partial charge in [-0.2, -0.15) is 0 Å². The van der Waals surface area contributed by atoms with Crippen LogP contribution in [0.15, 0.2) is 16.6 Å². The first-order valence-corrected chi connectivity index (χ1v) is 8.44. The summed E-state index contributed by atoms with van der Waals surface area (Å²) < 4.78 is 50.5. The van der Waals surface area contributed by atoms with Crippen molar-refractivity contribution in [2.75, 3.05) is 18.6 Å². The molecule has 1 aliphatic rings. The van der Waals surface area contributed by atoms with Crippen molar-refractivity contribution >= 4 is 25.8 Å². The molecule has 0 aliphatic carbocycles. The summed E-state index contributed by atoms with van der Waals surface area (Å²) in [6.45, 7) is 0.0529. The van der Waals surface area contributed by atoms with Gasteiger partial charge >= 0.3 is 0 Å². The summed E-state index contributed by atoms with van der Waals surface area (Å²) in [5.41, 5.74) is -0.0406. The summed E-state index contributed by atoms with van der Waals surface area (Å²) in [5.74, 6) is -1.05. The predicted molar refractivity (Wildman–Crippen MR) is 72.6 cm³/mol. The molecule has 1 fully saturated rings. The van der Waals surface area contributed by atoms with Gasteiger partial charge in [0.25, 0.3) is 0 Å². The van der Waals surface area contributed by atoms with Crippen LogP contribution in [0.3, 0.4) is 0 Å². The molecule has 1 unspecified atom stereocenters. The van der Waals surface area contributed by atoms with Crippen LogP contribution in [0.5, 0.6) is 0 Å². The van der Waals surface area contributed by atoms with Crippen molar-refractivity contribution in [3.05, 3.63) is 33.8 Å². The van der Waals surface area contributed by atoms with Crippen LogP contribution in [0, 0.1) is 11.6 Å². The Labute approximate surface area is 119 Å². The van der Waals surface area contributed by atoms with E-state index in [0.29, 0.717) is 6.42 Å². The number of halogens is 3. The molecule has 2 rings (SSSR count). The molecular formula is C12H14BrF2NO2S. The lowest BCUT2D eigenvalue weighted by Gasteiger charge is -2.23. The lowest BCUT2D eigenvalue weighted by atomic mass is 10.1. The zero-order chi connectivity index (χ0) is 14.2. The lowest BCUT2D eigenvalue weighted by Crippen LogP contribution is -2.32. The molecule has 1 heterocycles. The topological polar surface area (TPSA) is 37.4 Å². The molecule has 1 aromatic carbocycles. The van der Waals surface area contributed by atoms with Crippen LogP contribution >= 0.6 is 15.9 Å². The largest absolute Gasteiger partial charge is 0.298 e. The van der Waals surface area contributed by atoms with Gasteiger partial charge in [-0.15, -0.1) is 0 Å². The van der Waals surface area contributed by atoms with Crippen LogP contribution in [0.4, 0.5) is 8.78 Å². The zero-order valence-electron chi connectivity index (χ0n) is 10.4. The van der Waals surface area contributed by atoms with E-state index in [9.17, 15) is 17.2 Å². The van der Waals surface area contributed by atoms with Crippen molar-refractivity contribution in [3.8, 4) is 0 Å². The summed E-state index contributed by atoms with van der Waals surface area (Å²) in [4.78, 5) is 1.69. The summed E-state index contributed by atoms with van der Waals surface area (Å²) in [6, 6.07) is 2.33. The fraction of sp³-hybridized carbons (Fsp3) is 0.500. The molecule has 0 saturated carbocycles. The fourth-order valence-corrected chi connectivity index (χ4v) is 4.39. The molecule has 106 valence electrons. The maximum atomic E-state index is 13.8. The Balaban J connectivity index is 2.16. The molecular weight excluding hydrogens is 340 g/mol. The van der Waals surface area contributed by atoms with E-state index in [1.54, 1.807) is 11.9 Å². The van der Waals surface area contributed by atoms with Gasteiger partial charge in [0.05, 0.1) is 16.0 Å². The second kappa shape index (κ2) is 5.46. The van der Waals surface area contributed by atoms with Gasteiger partial charge < -0.3 is 0 Å². The number of hydrogen-bond acceptors (Lipinski definition) is 3. The highest BCUT2D eigenvalue weighted by molar-refractivity contribution is 9.10. The van der Waals surface area contributed by atoms with E-state index < -0.39 is 21.5 Å². The van der Waals surface area contributed by atoms with Gasteiger partial charge in [0.1, 0.15) is 11.6 Å². The molecule has 0 radical (unpaired) electrons. The normalized spacial score (nSPS) is 22.1. The maximum Gasteiger partial charge on any atom is 0.151 e. The maximum absolute atomic E-state index is 13.8. The Morgan fingerprint density at radius 3 is 2.68 bits per heavy atom. The van der Waals surface area contributed by atoms with Crippen molar-refractivity contribution in [2.24, 2.45) is 0 Å². The molecule has 0 aromatic heterocycles. The van der Waals surface area contributed by atoms with E-state index in [2.05, 4.69) is 15.9 Å². The Bertz CT molecular complexity index is 592. The smallest absolute Gasteiger partial charge is 0.151 e. The third-order valence-electron chi connectivity index (χ3n) is 3.38. The Hall–Kier alpha value is -0.530. The van der Waals surface area contributed by atoms with Gasteiger partial charge in [-0.3, -0.25) is 4.90 Å². The summed E-state index contributed by atoms with van der Waals surface area (Å²) in [7, 11) is -1.31. The quantitative estimate of drug-likeness (QED) is 0.782. The van der Waals surface area contributed by atoms with Crippen molar-refractivity contribution in [2.45, 2.75) is 19.0 Å². The number of nitrogens with zero attached hydrogens (tertiary/aromatic N) is 1. The van der Waals surface area contributed by atoms with E-state index in [1.807, 2.05) is 0 Å². The molecule has 1 aliphatic heterocycles. The number of hydrogen-bond donors (Lipinski definition) is 0. The molecule has 0 amide bonds. The average molecular weight is 354 g/mol. The molecule has 1 saturated heterocycles. The van der Waals surface area contributed by atoms with Gasteiger partial charge in [0.15, 0.2) is 9.84 Å². The minimum atomic E-state index is -3.00. The molecule has 0 bridgehead atoms. The zero-order valence-corrected chi connectivity index (χ0v) is 12.8. The van der Waals surface area contributed by atoms with Crippen LogP contribution in [0.25, 0.3) is 0 Å². The monoisotopic (exact) mass is 353 g/mol. The number of rotatable bonds is 3. The van der Waals surface area contributed by atoms with Crippen molar-refractivity contribution in [3.63, 3.8) is 0 Å². The predicted octanol–water partition coefficient (Wildman–Crippen LogP) is 2.35. The van der Waals surface area contributed by atoms with Crippen molar-refractivity contribution < 1.29 is 17.2 Å². The van der Waals surface area contributed by atoms with E-state index in [0.717, 1.165) is 0 Å². The molecule has 1 aromatic rings. The van der Waals surface area contributed by atoms with Gasteiger partial charge in [-0.25, -0.2) is 17.2 Å². The third kappa shape index (κ3) is 3.32. The van der Waals surface area contributed by atoms with E-state index in [4.69, 9.17) is 0 Å². The van der Waals surface area contributed by atoms with Crippen LogP contribution in [0.1, 0.15) is 12.0 Å². The molecule has 7 heteroatoms. The molecule has 1 atom stereocenters. The Kier molecular flexibility index (Phi) is 4.27. The first-order valence-electron chi connectivity index (χ1n) is 5.83. The summed E-state index contributed by atoms with van der Waals surface area (Å²) in [5, 5.41) is 0. The lowest BCUT2D eigenvalue weighted by molar-refractivity contribution is 0.246. The SMILES string of the molecule is CN(Cc1c(F)ccc(Br)c1F)C1CCS(=O)(=O)C1. The molecule has 0 spiro atoms. The highest BCUT2D eigenvalue weighted by atomic mass is 79.9. The van der Waals surface area contributed by atoms with Crippen LogP contribution < -0.4 is 0 Å². The Morgan fingerprint density at radius 2 is 2.11 bits per heavy atom. The molecule has 0 N–H and O–H groups in total. The van der Waals surface area contributed by atoms with Crippen molar-refractivity contribution in [1.29, 1.82) is 0 Å². The minimum Gasteiger partial charge on any atom is -0.298 e. The fourth-order valence-electron chi connectivity index (χ4n) is 2.22. The van der Waals surface area contributed by atoms with E-state index in [1.165, 1.54) is 12.1 Å².